The molecule has 0 aliphatic heterocycles. The standard InChI is InChI=1S/C8H16O2.C4H8O2/c1-2-3-4-5-6-7-8(9)10;1-2-3-4(5)6/h2-7H2,1H3,(H,9,10);2-3H2,1H3,(H,5,6). The van der Waals surface area contributed by atoms with E-state index < -0.39 is 11.9 Å². The molecule has 2 N–H and O–H groups in total. The lowest BCUT2D eigenvalue weighted by molar-refractivity contribution is -0.138. The van der Waals surface area contributed by atoms with Gasteiger partial charge in [0, 0.05) is 12.8 Å². The maximum absolute atomic E-state index is 10.0. The van der Waals surface area contributed by atoms with E-state index in [-0.39, 0.29) is 0 Å². The van der Waals surface area contributed by atoms with Crippen molar-refractivity contribution < 1.29 is 19.8 Å². The lowest BCUT2D eigenvalue weighted by Gasteiger charge is -1.95. The molecule has 0 aromatic heterocycles. The minimum Gasteiger partial charge on any atom is -0.481 e. The van der Waals surface area contributed by atoms with E-state index in [1.54, 1.807) is 0 Å². The molecule has 0 saturated heterocycles. The fourth-order valence-corrected chi connectivity index (χ4v) is 1.09. The summed E-state index contributed by atoms with van der Waals surface area (Å²) in [4.78, 5) is 19.6. The maximum atomic E-state index is 10.0. The Labute approximate surface area is 97.7 Å². The Kier molecular flexibility index (Phi) is 15.1. The molecule has 0 heterocycles. The highest BCUT2D eigenvalue weighted by Gasteiger charge is 1.94. The predicted molar refractivity (Wildman–Crippen MR) is 63.6 cm³/mol. The Hall–Kier alpha value is -1.06. The van der Waals surface area contributed by atoms with Crippen LogP contribution in [0.5, 0.6) is 0 Å². The molecule has 0 radical (unpaired) electrons. The van der Waals surface area contributed by atoms with Crippen LogP contribution in [0.4, 0.5) is 0 Å². The Balaban J connectivity index is 0. The molecule has 0 unspecified atom stereocenters. The van der Waals surface area contributed by atoms with Crippen LogP contribution in [-0.2, 0) is 9.59 Å². The van der Waals surface area contributed by atoms with Crippen molar-refractivity contribution in [2.75, 3.05) is 0 Å². The molecule has 0 fully saturated rings. The van der Waals surface area contributed by atoms with Crippen LogP contribution in [0, 0.1) is 0 Å². The van der Waals surface area contributed by atoms with Crippen LogP contribution in [0.25, 0.3) is 0 Å². The van der Waals surface area contributed by atoms with Crippen LogP contribution in [-0.4, -0.2) is 22.2 Å². The molecule has 0 aromatic carbocycles. The van der Waals surface area contributed by atoms with Crippen LogP contribution < -0.4 is 0 Å². The number of unbranched alkanes of at least 4 members (excludes halogenated alkanes) is 4. The van der Waals surface area contributed by atoms with Crippen molar-refractivity contribution in [1.29, 1.82) is 0 Å². The predicted octanol–water partition coefficient (Wildman–Crippen LogP) is 3.30. The van der Waals surface area contributed by atoms with Crippen molar-refractivity contribution in [3.8, 4) is 0 Å². The smallest absolute Gasteiger partial charge is 0.303 e. The average molecular weight is 232 g/mol. The van der Waals surface area contributed by atoms with Gasteiger partial charge in [-0.1, -0.05) is 39.5 Å². The highest BCUT2D eigenvalue weighted by atomic mass is 16.4. The van der Waals surface area contributed by atoms with E-state index in [2.05, 4.69) is 6.92 Å². The lowest BCUT2D eigenvalue weighted by Crippen LogP contribution is -1.93. The van der Waals surface area contributed by atoms with Crippen molar-refractivity contribution in [3.63, 3.8) is 0 Å². The second-order valence-electron chi connectivity index (χ2n) is 3.70. The largest absolute Gasteiger partial charge is 0.481 e. The summed E-state index contributed by atoms with van der Waals surface area (Å²) in [6.45, 7) is 3.99. The SMILES string of the molecule is CCCC(=O)O.CCCCCCCC(=O)O. The van der Waals surface area contributed by atoms with Gasteiger partial charge >= 0.3 is 11.9 Å². The van der Waals surface area contributed by atoms with Gasteiger partial charge in [-0.25, -0.2) is 0 Å². The zero-order valence-corrected chi connectivity index (χ0v) is 10.4. The average Bonchev–Trinajstić information content (AvgIpc) is 2.17. The fraction of sp³-hybridized carbons (Fsp3) is 0.833. The van der Waals surface area contributed by atoms with Gasteiger partial charge < -0.3 is 10.2 Å². The van der Waals surface area contributed by atoms with Crippen molar-refractivity contribution in [2.45, 2.75) is 65.2 Å². The van der Waals surface area contributed by atoms with Gasteiger partial charge in [0.2, 0.25) is 0 Å². The molecule has 0 aromatic rings. The number of carbonyl (C=O) groups is 2. The van der Waals surface area contributed by atoms with Crippen LogP contribution in [0.15, 0.2) is 0 Å². The molecule has 0 amide bonds. The Morgan fingerprint density at radius 3 is 1.56 bits per heavy atom. The Morgan fingerprint density at radius 2 is 1.25 bits per heavy atom. The molecule has 0 saturated carbocycles. The minimum absolute atomic E-state index is 0.292. The highest BCUT2D eigenvalue weighted by molar-refractivity contribution is 5.66. The summed E-state index contributed by atoms with van der Waals surface area (Å²) in [6, 6.07) is 0. The van der Waals surface area contributed by atoms with Gasteiger partial charge in [-0.05, 0) is 12.8 Å². The van der Waals surface area contributed by atoms with Crippen LogP contribution >= 0.6 is 0 Å². The summed E-state index contributed by atoms with van der Waals surface area (Å²) >= 11 is 0. The van der Waals surface area contributed by atoms with Crippen molar-refractivity contribution in [2.24, 2.45) is 0 Å². The van der Waals surface area contributed by atoms with Crippen LogP contribution in [0.3, 0.4) is 0 Å². The number of rotatable bonds is 8. The molecule has 0 aliphatic carbocycles. The Morgan fingerprint density at radius 1 is 0.750 bits per heavy atom. The molecule has 4 nitrogen and oxygen atoms in total. The minimum atomic E-state index is -0.711. The summed E-state index contributed by atoms with van der Waals surface area (Å²) in [5, 5.41) is 16.2. The van der Waals surface area contributed by atoms with Crippen LogP contribution in [0.2, 0.25) is 0 Å². The summed E-state index contributed by atoms with van der Waals surface area (Å²) in [7, 11) is 0. The number of aliphatic carboxylic acids is 2. The first-order valence-electron chi connectivity index (χ1n) is 5.98. The van der Waals surface area contributed by atoms with Gasteiger partial charge in [-0.3, -0.25) is 9.59 Å². The molecule has 16 heavy (non-hydrogen) atoms. The Bertz CT molecular complexity index is 178. The number of hydrogen-bond donors (Lipinski definition) is 2. The monoisotopic (exact) mass is 232 g/mol. The molecule has 4 heteroatoms. The van der Waals surface area contributed by atoms with E-state index in [1.807, 2.05) is 6.92 Å². The molecule has 0 spiro atoms. The normalized spacial score (nSPS) is 9.12. The third-order valence-electron chi connectivity index (χ3n) is 1.96. The molecule has 0 rings (SSSR count). The quantitative estimate of drug-likeness (QED) is 0.630. The first kappa shape index (κ1) is 17.3. The topological polar surface area (TPSA) is 74.6 Å². The number of carboxylic acid groups (broad SMARTS) is 2. The summed E-state index contributed by atoms with van der Waals surface area (Å²) in [6.07, 6.45) is 6.91. The molecule has 96 valence electrons. The third-order valence-corrected chi connectivity index (χ3v) is 1.96. The first-order chi connectivity index (χ1) is 7.54. The van der Waals surface area contributed by atoms with E-state index in [4.69, 9.17) is 10.2 Å². The zero-order chi connectivity index (χ0) is 12.8. The number of carboxylic acids is 2. The second-order valence-corrected chi connectivity index (χ2v) is 3.70. The van der Waals surface area contributed by atoms with Gasteiger partial charge in [0.05, 0.1) is 0 Å². The molecule has 0 atom stereocenters. The lowest BCUT2D eigenvalue weighted by atomic mass is 10.1. The van der Waals surface area contributed by atoms with E-state index in [0.717, 1.165) is 19.3 Å². The summed E-state index contributed by atoms with van der Waals surface area (Å²) in [5.74, 6) is -1.38. The van der Waals surface area contributed by atoms with Gasteiger partial charge in [0.15, 0.2) is 0 Å². The van der Waals surface area contributed by atoms with Crippen molar-refractivity contribution >= 4 is 11.9 Å². The van der Waals surface area contributed by atoms with Crippen molar-refractivity contribution in [3.05, 3.63) is 0 Å². The van der Waals surface area contributed by atoms with Crippen LogP contribution in [0.1, 0.15) is 65.2 Å². The number of hydrogen-bond acceptors (Lipinski definition) is 2. The highest BCUT2D eigenvalue weighted by Crippen LogP contribution is 2.04. The second kappa shape index (κ2) is 13.9. The third kappa shape index (κ3) is 23.1. The van der Waals surface area contributed by atoms with Crippen molar-refractivity contribution in [1.82, 2.24) is 0 Å². The van der Waals surface area contributed by atoms with E-state index in [9.17, 15) is 9.59 Å². The summed E-state index contributed by atoms with van der Waals surface area (Å²) in [5.41, 5.74) is 0. The first-order valence-corrected chi connectivity index (χ1v) is 5.98. The van der Waals surface area contributed by atoms with Gasteiger partial charge in [0.1, 0.15) is 0 Å². The summed E-state index contributed by atoms with van der Waals surface area (Å²) < 4.78 is 0. The fourth-order valence-electron chi connectivity index (χ4n) is 1.09. The molecular formula is C12H24O4. The van der Waals surface area contributed by atoms with Gasteiger partial charge in [-0.2, -0.15) is 0 Å². The van der Waals surface area contributed by atoms with Gasteiger partial charge in [-0.15, -0.1) is 0 Å². The van der Waals surface area contributed by atoms with Gasteiger partial charge in [0.25, 0.3) is 0 Å². The molecule has 0 bridgehead atoms. The van der Waals surface area contributed by atoms with E-state index in [1.165, 1.54) is 19.3 Å². The maximum Gasteiger partial charge on any atom is 0.303 e. The zero-order valence-electron chi connectivity index (χ0n) is 10.4. The van der Waals surface area contributed by atoms with E-state index >= 15 is 0 Å². The van der Waals surface area contributed by atoms with E-state index in [0.29, 0.717) is 12.8 Å². The molecule has 0 aliphatic rings. The molecular weight excluding hydrogens is 208 g/mol.